The Kier molecular flexibility index (Phi) is 5.39. The van der Waals surface area contributed by atoms with Crippen LogP contribution in [0.4, 0.5) is 15.8 Å². The maximum atomic E-state index is 13.1. The van der Waals surface area contributed by atoms with Gasteiger partial charge in [-0.3, -0.25) is 4.79 Å². The van der Waals surface area contributed by atoms with E-state index >= 15 is 0 Å². The van der Waals surface area contributed by atoms with Crippen LogP contribution in [0.3, 0.4) is 0 Å². The molecule has 3 rings (SSSR count). The van der Waals surface area contributed by atoms with Crippen LogP contribution in [-0.4, -0.2) is 26.7 Å². The third-order valence-electron chi connectivity index (χ3n) is 4.68. The number of rotatable bonds is 6. The van der Waals surface area contributed by atoms with Gasteiger partial charge in [-0.2, -0.15) is 5.10 Å². The van der Waals surface area contributed by atoms with Gasteiger partial charge in [-0.1, -0.05) is 13.8 Å². The van der Waals surface area contributed by atoms with Crippen molar-refractivity contribution in [2.75, 3.05) is 10.6 Å². The highest BCUT2D eigenvalue weighted by molar-refractivity contribution is 6.12. The van der Waals surface area contributed by atoms with Gasteiger partial charge in [0.1, 0.15) is 5.82 Å². The molecule has 1 amide bonds. The quantitative estimate of drug-likeness (QED) is 0.680. The fourth-order valence-corrected chi connectivity index (χ4v) is 2.71. The molecule has 2 aromatic heterocycles. The molecule has 0 radical (unpaired) electrons. The molecule has 2 N–H and O–H groups in total. The maximum Gasteiger partial charge on any atom is 0.259 e. The molecule has 27 heavy (non-hydrogen) atoms. The standard InChI is InChI=1S/C20H24FN5O/c1-5-26-19-16(11-23-26)18(24-13(4)12(2)3)17(10-22-19)20(27)25-15-8-6-14(21)7-9-15/h6-13H,5H2,1-4H3,(H,22,24)(H,25,27)/t13-/m1/s1. The van der Waals surface area contributed by atoms with Crippen LogP contribution in [0.5, 0.6) is 0 Å². The third kappa shape index (κ3) is 3.92. The first-order valence-electron chi connectivity index (χ1n) is 9.08. The molecule has 0 saturated carbocycles. The number of amides is 1. The summed E-state index contributed by atoms with van der Waals surface area (Å²) in [7, 11) is 0. The number of aromatic nitrogens is 3. The van der Waals surface area contributed by atoms with Gasteiger partial charge in [0.05, 0.1) is 22.8 Å². The van der Waals surface area contributed by atoms with Gasteiger partial charge in [0.25, 0.3) is 5.91 Å². The molecule has 2 heterocycles. The summed E-state index contributed by atoms with van der Waals surface area (Å²) >= 11 is 0. The molecule has 0 spiro atoms. The van der Waals surface area contributed by atoms with E-state index in [2.05, 4.69) is 41.5 Å². The van der Waals surface area contributed by atoms with Crippen molar-refractivity contribution in [1.29, 1.82) is 0 Å². The molecule has 0 saturated heterocycles. The number of fused-ring (bicyclic) bond motifs is 1. The van der Waals surface area contributed by atoms with E-state index in [1.54, 1.807) is 17.1 Å². The number of nitrogens with zero attached hydrogens (tertiary/aromatic N) is 3. The van der Waals surface area contributed by atoms with Gasteiger partial charge in [0.2, 0.25) is 0 Å². The zero-order chi connectivity index (χ0) is 19.6. The summed E-state index contributed by atoms with van der Waals surface area (Å²) < 4.78 is 14.9. The van der Waals surface area contributed by atoms with E-state index < -0.39 is 0 Å². The zero-order valence-corrected chi connectivity index (χ0v) is 16.0. The Balaban J connectivity index is 2.02. The Bertz CT molecular complexity index is 949. The SMILES string of the molecule is CCn1ncc2c(N[C@H](C)C(C)C)c(C(=O)Nc3ccc(F)cc3)cnc21. The van der Waals surface area contributed by atoms with Crippen molar-refractivity contribution < 1.29 is 9.18 Å². The summed E-state index contributed by atoms with van der Waals surface area (Å²) in [6.07, 6.45) is 3.29. The summed E-state index contributed by atoms with van der Waals surface area (Å²) in [5.41, 5.74) is 2.39. The van der Waals surface area contributed by atoms with Crippen molar-refractivity contribution in [3.8, 4) is 0 Å². The summed E-state index contributed by atoms with van der Waals surface area (Å²) in [4.78, 5) is 17.3. The van der Waals surface area contributed by atoms with E-state index in [-0.39, 0.29) is 17.8 Å². The number of aryl methyl sites for hydroxylation is 1. The van der Waals surface area contributed by atoms with E-state index in [1.165, 1.54) is 24.3 Å². The number of halogens is 1. The Morgan fingerprint density at radius 1 is 1.19 bits per heavy atom. The monoisotopic (exact) mass is 369 g/mol. The minimum atomic E-state index is -0.351. The number of carbonyl (C=O) groups is 1. The summed E-state index contributed by atoms with van der Waals surface area (Å²) in [5.74, 6) is -0.280. The lowest BCUT2D eigenvalue weighted by molar-refractivity contribution is 0.102. The van der Waals surface area contributed by atoms with Crippen molar-refractivity contribution in [1.82, 2.24) is 14.8 Å². The van der Waals surface area contributed by atoms with Crippen LogP contribution in [0.25, 0.3) is 11.0 Å². The van der Waals surface area contributed by atoms with Gasteiger partial charge >= 0.3 is 0 Å². The lowest BCUT2D eigenvalue weighted by Crippen LogP contribution is -2.24. The Morgan fingerprint density at radius 3 is 2.52 bits per heavy atom. The van der Waals surface area contributed by atoms with E-state index in [9.17, 15) is 9.18 Å². The second-order valence-corrected chi connectivity index (χ2v) is 6.88. The van der Waals surface area contributed by atoms with Crippen molar-refractivity contribution in [3.63, 3.8) is 0 Å². The number of carbonyl (C=O) groups excluding carboxylic acids is 1. The number of nitrogens with one attached hydrogen (secondary N) is 2. The van der Waals surface area contributed by atoms with Crippen LogP contribution < -0.4 is 10.6 Å². The molecular weight excluding hydrogens is 345 g/mol. The van der Waals surface area contributed by atoms with Gasteiger partial charge in [0.15, 0.2) is 5.65 Å². The molecule has 3 aromatic rings. The first-order valence-corrected chi connectivity index (χ1v) is 9.08. The molecule has 0 aliphatic rings. The zero-order valence-electron chi connectivity index (χ0n) is 16.0. The molecule has 142 valence electrons. The highest BCUT2D eigenvalue weighted by Crippen LogP contribution is 2.28. The molecular formula is C20H24FN5O. The normalized spacial score (nSPS) is 12.4. The highest BCUT2D eigenvalue weighted by atomic mass is 19.1. The Hall–Kier alpha value is -2.96. The third-order valence-corrected chi connectivity index (χ3v) is 4.68. The van der Waals surface area contributed by atoms with E-state index in [4.69, 9.17) is 0 Å². The van der Waals surface area contributed by atoms with E-state index in [0.717, 1.165) is 11.0 Å². The second kappa shape index (κ2) is 7.73. The van der Waals surface area contributed by atoms with Crippen LogP contribution in [0.2, 0.25) is 0 Å². The number of hydrogen-bond donors (Lipinski definition) is 2. The molecule has 0 fully saturated rings. The van der Waals surface area contributed by atoms with Crippen LogP contribution in [0.1, 0.15) is 38.1 Å². The topological polar surface area (TPSA) is 71.8 Å². The van der Waals surface area contributed by atoms with Crippen LogP contribution >= 0.6 is 0 Å². The van der Waals surface area contributed by atoms with E-state index in [1.807, 2.05) is 6.92 Å². The minimum absolute atomic E-state index is 0.151. The smallest absolute Gasteiger partial charge is 0.259 e. The maximum absolute atomic E-state index is 13.1. The molecule has 1 aromatic carbocycles. The first kappa shape index (κ1) is 18.8. The van der Waals surface area contributed by atoms with Gasteiger partial charge in [-0.15, -0.1) is 0 Å². The van der Waals surface area contributed by atoms with Crippen molar-refractivity contribution in [3.05, 3.63) is 48.0 Å². The predicted molar refractivity (Wildman–Crippen MR) is 105 cm³/mol. The average molecular weight is 369 g/mol. The van der Waals surface area contributed by atoms with Gasteiger partial charge in [-0.05, 0) is 44.0 Å². The number of hydrogen-bond acceptors (Lipinski definition) is 4. The van der Waals surface area contributed by atoms with Gasteiger partial charge < -0.3 is 10.6 Å². The molecule has 0 unspecified atom stereocenters. The van der Waals surface area contributed by atoms with Gasteiger partial charge in [-0.25, -0.2) is 14.1 Å². The van der Waals surface area contributed by atoms with Gasteiger partial charge in [0, 0.05) is 24.5 Å². The molecule has 1 atom stereocenters. The number of pyridine rings is 1. The molecule has 0 bridgehead atoms. The van der Waals surface area contributed by atoms with Crippen LogP contribution in [-0.2, 0) is 6.54 Å². The highest BCUT2D eigenvalue weighted by Gasteiger charge is 2.20. The Morgan fingerprint density at radius 2 is 1.89 bits per heavy atom. The van der Waals surface area contributed by atoms with Crippen LogP contribution in [0.15, 0.2) is 36.7 Å². The number of anilines is 2. The summed E-state index contributed by atoms with van der Waals surface area (Å²) in [6, 6.07) is 5.82. The minimum Gasteiger partial charge on any atom is -0.381 e. The van der Waals surface area contributed by atoms with Crippen LogP contribution in [0, 0.1) is 11.7 Å². The molecule has 0 aliphatic heterocycles. The summed E-state index contributed by atoms with van der Waals surface area (Å²) in [6.45, 7) is 8.99. The molecule has 6 nitrogen and oxygen atoms in total. The fraction of sp³-hybridized carbons (Fsp3) is 0.350. The Labute approximate surface area is 157 Å². The molecule has 0 aliphatic carbocycles. The largest absolute Gasteiger partial charge is 0.381 e. The van der Waals surface area contributed by atoms with Crippen molar-refractivity contribution in [2.45, 2.75) is 40.3 Å². The number of benzene rings is 1. The van der Waals surface area contributed by atoms with Crippen molar-refractivity contribution in [2.24, 2.45) is 5.92 Å². The average Bonchev–Trinajstić information content (AvgIpc) is 3.07. The fourth-order valence-electron chi connectivity index (χ4n) is 2.71. The lowest BCUT2D eigenvalue weighted by Gasteiger charge is -2.21. The predicted octanol–water partition coefficient (Wildman–Crippen LogP) is 4.30. The lowest BCUT2D eigenvalue weighted by atomic mass is 10.0. The first-order chi connectivity index (χ1) is 12.9. The van der Waals surface area contributed by atoms with Crippen molar-refractivity contribution >= 4 is 28.3 Å². The summed E-state index contributed by atoms with van der Waals surface area (Å²) in [5, 5.41) is 11.4. The second-order valence-electron chi connectivity index (χ2n) is 6.88. The van der Waals surface area contributed by atoms with E-state index in [0.29, 0.717) is 29.4 Å². The molecule has 7 heteroatoms.